The first kappa shape index (κ1) is 21.6. The van der Waals surface area contributed by atoms with Gasteiger partial charge in [-0.15, -0.1) is 0 Å². The molecule has 2 aromatic carbocycles. The number of aromatic amines is 1. The highest BCUT2D eigenvalue weighted by Crippen LogP contribution is 2.20. The highest BCUT2D eigenvalue weighted by molar-refractivity contribution is 6.07. The summed E-state index contributed by atoms with van der Waals surface area (Å²) in [4.78, 5) is 37.5. The van der Waals surface area contributed by atoms with E-state index < -0.39 is 34.7 Å². The van der Waals surface area contributed by atoms with Crippen molar-refractivity contribution in [2.45, 2.75) is 6.92 Å². The van der Waals surface area contributed by atoms with Gasteiger partial charge in [-0.2, -0.15) is 5.10 Å². The predicted molar refractivity (Wildman–Crippen MR) is 118 cm³/mol. The standard InChI is InChI=1S/C23H17F2N5O3/c1-13-5-6-14(22(32)28-19-9-10-26-29-19)11-18(13)27-23(33)15-7-8-20(31)30(12-15)21-16(24)3-2-4-17(21)25/h2-12H,1H3,(H,27,33)(H2,26,28,29,32). The van der Waals surface area contributed by atoms with Crippen molar-refractivity contribution in [1.29, 1.82) is 0 Å². The molecule has 0 radical (unpaired) electrons. The minimum Gasteiger partial charge on any atom is -0.322 e. The molecule has 4 aromatic rings. The molecule has 8 nitrogen and oxygen atoms in total. The van der Waals surface area contributed by atoms with E-state index >= 15 is 0 Å². The number of hydrogen-bond donors (Lipinski definition) is 3. The van der Waals surface area contributed by atoms with Crippen LogP contribution in [0.15, 0.2) is 71.8 Å². The van der Waals surface area contributed by atoms with E-state index in [-0.39, 0.29) is 11.1 Å². The number of carbonyl (C=O) groups is 2. The van der Waals surface area contributed by atoms with Gasteiger partial charge in [0.2, 0.25) is 0 Å². The lowest BCUT2D eigenvalue weighted by atomic mass is 10.1. The summed E-state index contributed by atoms with van der Waals surface area (Å²) in [6.07, 6.45) is 2.55. The number of rotatable bonds is 5. The average Bonchev–Trinajstić information content (AvgIpc) is 3.29. The van der Waals surface area contributed by atoms with E-state index in [9.17, 15) is 23.2 Å². The van der Waals surface area contributed by atoms with E-state index in [2.05, 4.69) is 20.8 Å². The third-order valence-corrected chi connectivity index (χ3v) is 4.85. The van der Waals surface area contributed by atoms with Crippen LogP contribution in [0.5, 0.6) is 0 Å². The maximum atomic E-state index is 14.2. The number of H-pyrrole nitrogens is 1. The third kappa shape index (κ3) is 4.54. The normalized spacial score (nSPS) is 10.6. The minimum atomic E-state index is -0.943. The van der Waals surface area contributed by atoms with Gasteiger partial charge in [-0.1, -0.05) is 12.1 Å². The molecule has 0 saturated carbocycles. The molecule has 166 valence electrons. The van der Waals surface area contributed by atoms with Crippen molar-refractivity contribution in [1.82, 2.24) is 14.8 Å². The molecule has 0 aliphatic heterocycles. The molecule has 0 aliphatic carbocycles. The number of pyridine rings is 1. The van der Waals surface area contributed by atoms with Crippen molar-refractivity contribution in [2.24, 2.45) is 0 Å². The molecule has 2 aromatic heterocycles. The Labute approximate surface area is 185 Å². The average molecular weight is 449 g/mol. The van der Waals surface area contributed by atoms with Crippen LogP contribution in [0.1, 0.15) is 26.3 Å². The Hall–Kier alpha value is -4.60. The van der Waals surface area contributed by atoms with Gasteiger partial charge in [-0.25, -0.2) is 8.78 Å². The number of aromatic nitrogens is 3. The Bertz CT molecular complexity index is 1390. The van der Waals surface area contributed by atoms with Gasteiger partial charge in [0.25, 0.3) is 17.4 Å². The Kier molecular flexibility index (Phi) is 5.81. The Morgan fingerprint density at radius 2 is 1.64 bits per heavy atom. The molecule has 0 aliphatic rings. The van der Waals surface area contributed by atoms with Gasteiger partial charge >= 0.3 is 0 Å². The zero-order valence-corrected chi connectivity index (χ0v) is 17.2. The van der Waals surface area contributed by atoms with Crippen molar-refractivity contribution < 1.29 is 18.4 Å². The molecule has 2 amide bonds. The summed E-state index contributed by atoms with van der Waals surface area (Å²) in [6.45, 7) is 1.74. The molecule has 0 unspecified atom stereocenters. The van der Waals surface area contributed by atoms with Gasteiger partial charge in [-0.05, 0) is 42.8 Å². The maximum Gasteiger partial charge on any atom is 0.257 e. The van der Waals surface area contributed by atoms with Crippen LogP contribution in [0, 0.1) is 18.6 Å². The first-order valence-corrected chi connectivity index (χ1v) is 9.73. The summed E-state index contributed by atoms with van der Waals surface area (Å²) in [5.74, 6) is -2.52. The quantitative estimate of drug-likeness (QED) is 0.432. The monoisotopic (exact) mass is 449 g/mol. The summed E-state index contributed by atoms with van der Waals surface area (Å²) in [6, 6.07) is 11.8. The number of hydrogen-bond acceptors (Lipinski definition) is 4. The molecule has 0 atom stereocenters. The second kappa shape index (κ2) is 8.87. The molecule has 0 saturated heterocycles. The Morgan fingerprint density at radius 1 is 0.939 bits per heavy atom. The van der Waals surface area contributed by atoms with Crippen LogP contribution >= 0.6 is 0 Å². The zero-order valence-electron chi connectivity index (χ0n) is 17.2. The number of halogens is 2. The molecule has 0 fully saturated rings. The van der Waals surface area contributed by atoms with E-state index in [4.69, 9.17) is 0 Å². The van der Waals surface area contributed by atoms with Gasteiger partial charge < -0.3 is 10.6 Å². The number of nitrogens with zero attached hydrogens (tertiary/aromatic N) is 2. The highest BCUT2D eigenvalue weighted by Gasteiger charge is 2.16. The molecule has 2 heterocycles. The Balaban J connectivity index is 1.61. The number of benzene rings is 2. The van der Waals surface area contributed by atoms with Crippen LogP contribution in [-0.4, -0.2) is 26.6 Å². The summed E-state index contributed by atoms with van der Waals surface area (Å²) >= 11 is 0. The molecule has 0 bridgehead atoms. The molecule has 4 rings (SSSR count). The molecule has 3 N–H and O–H groups in total. The van der Waals surface area contributed by atoms with Crippen LogP contribution in [0.3, 0.4) is 0 Å². The van der Waals surface area contributed by atoms with Crippen molar-refractivity contribution in [3.8, 4) is 5.69 Å². The fraction of sp³-hybridized carbons (Fsp3) is 0.0435. The minimum absolute atomic E-state index is 0.0102. The lowest BCUT2D eigenvalue weighted by Crippen LogP contribution is -2.22. The van der Waals surface area contributed by atoms with E-state index in [1.165, 1.54) is 24.4 Å². The number of amides is 2. The van der Waals surface area contributed by atoms with Crippen LogP contribution < -0.4 is 16.2 Å². The van der Waals surface area contributed by atoms with Crippen LogP contribution in [0.25, 0.3) is 5.69 Å². The largest absolute Gasteiger partial charge is 0.322 e. The Morgan fingerprint density at radius 3 is 2.33 bits per heavy atom. The van der Waals surface area contributed by atoms with Gasteiger partial charge in [0.05, 0.1) is 11.8 Å². The van der Waals surface area contributed by atoms with Gasteiger partial charge in [0, 0.05) is 29.6 Å². The summed E-state index contributed by atoms with van der Waals surface area (Å²) in [5.41, 5.74) is 0.0184. The summed E-state index contributed by atoms with van der Waals surface area (Å²) in [7, 11) is 0. The lowest BCUT2D eigenvalue weighted by molar-refractivity contribution is 0.101. The topological polar surface area (TPSA) is 109 Å². The molecule has 10 heteroatoms. The number of nitrogens with one attached hydrogen (secondary N) is 3. The summed E-state index contributed by atoms with van der Waals surface area (Å²) < 4.78 is 29.1. The number of anilines is 2. The van der Waals surface area contributed by atoms with E-state index in [0.717, 1.165) is 29.0 Å². The first-order valence-electron chi connectivity index (χ1n) is 9.73. The van der Waals surface area contributed by atoms with Crippen molar-refractivity contribution in [2.75, 3.05) is 10.6 Å². The number of aryl methyl sites for hydroxylation is 1. The van der Waals surface area contributed by atoms with Crippen molar-refractivity contribution in [3.05, 3.63) is 106 Å². The van der Waals surface area contributed by atoms with E-state index in [1.807, 2.05) is 0 Å². The number of carbonyl (C=O) groups excluding carboxylic acids is 2. The van der Waals surface area contributed by atoms with Crippen molar-refractivity contribution >= 4 is 23.3 Å². The molecular formula is C23H17F2N5O3. The zero-order chi connectivity index (χ0) is 23.5. The second-order valence-electron chi connectivity index (χ2n) is 7.10. The van der Waals surface area contributed by atoms with Crippen LogP contribution in [0.4, 0.5) is 20.3 Å². The predicted octanol–water partition coefficient (Wildman–Crippen LogP) is 3.65. The van der Waals surface area contributed by atoms with Gasteiger partial charge in [0.15, 0.2) is 0 Å². The first-order chi connectivity index (χ1) is 15.8. The van der Waals surface area contributed by atoms with Gasteiger partial charge in [0.1, 0.15) is 23.1 Å². The fourth-order valence-electron chi connectivity index (χ4n) is 3.13. The SMILES string of the molecule is Cc1ccc(C(=O)Nc2ccn[nH]2)cc1NC(=O)c1ccc(=O)n(-c2c(F)cccc2F)c1. The second-order valence-corrected chi connectivity index (χ2v) is 7.10. The van der Waals surface area contributed by atoms with E-state index in [0.29, 0.717) is 17.1 Å². The van der Waals surface area contributed by atoms with Crippen molar-refractivity contribution in [3.63, 3.8) is 0 Å². The highest BCUT2D eigenvalue weighted by atomic mass is 19.1. The lowest BCUT2D eigenvalue weighted by Gasteiger charge is -2.13. The molecule has 0 spiro atoms. The van der Waals surface area contributed by atoms with Crippen LogP contribution in [-0.2, 0) is 0 Å². The maximum absolute atomic E-state index is 14.2. The van der Waals surface area contributed by atoms with Crippen LogP contribution in [0.2, 0.25) is 0 Å². The molecular weight excluding hydrogens is 432 g/mol. The number of para-hydroxylation sites is 1. The molecule has 33 heavy (non-hydrogen) atoms. The van der Waals surface area contributed by atoms with E-state index in [1.54, 1.807) is 25.1 Å². The third-order valence-electron chi connectivity index (χ3n) is 4.85. The fourth-order valence-corrected chi connectivity index (χ4v) is 3.13. The smallest absolute Gasteiger partial charge is 0.257 e. The van der Waals surface area contributed by atoms with Gasteiger partial charge in [-0.3, -0.25) is 24.0 Å². The summed E-state index contributed by atoms with van der Waals surface area (Å²) in [5, 5.41) is 11.7.